The minimum atomic E-state index is -0.108. The van der Waals surface area contributed by atoms with Gasteiger partial charge in [0.15, 0.2) is 15.9 Å². The monoisotopic (exact) mass is 402 g/mol. The van der Waals surface area contributed by atoms with Crippen LogP contribution in [0.5, 0.6) is 0 Å². The minimum Gasteiger partial charge on any atom is -0.301 e. The molecule has 1 N–H and O–H groups in total. The lowest BCUT2D eigenvalue weighted by Gasteiger charge is -2.10. The van der Waals surface area contributed by atoms with Gasteiger partial charge in [0, 0.05) is 16.5 Å². The van der Waals surface area contributed by atoms with Crippen LogP contribution < -0.4 is 5.32 Å². The third-order valence-electron chi connectivity index (χ3n) is 4.34. The van der Waals surface area contributed by atoms with Gasteiger partial charge in [0.2, 0.25) is 5.91 Å². The number of nitrogens with one attached hydrogen (secondary N) is 1. The molecule has 0 fully saturated rings. The Hall–Kier alpha value is -2.04. The van der Waals surface area contributed by atoms with Gasteiger partial charge in [0.05, 0.1) is 11.1 Å². The van der Waals surface area contributed by atoms with Crippen molar-refractivity contribution in [2.24, 2.45) is 0 Å². The standard InChI is InChI=1S/C16H14N6OS3/c23-11(19-15-17-5-6-24-15)7-25-16-21-20-13-12-9-3-1-2-4-10(9)26-14(12)18-8-22(13)16/h5-6,8H,1-4,7H2,(H,17,19,23). The lowest BCUT2D eigenvalue weighted by atomic mass is 9.97. The molecule has 4 aromatic heterocycles. The molecule has 0 bridgehead atoms. The van der Waals surface area contributed by atoms with Gasteiger partial charge in [0.1, 0.15) is 11.2 Å². The number of hydrogen-bond acceptors (Lipinski definition) is 8. The molecular weight excluding hydrogens is 388 g/mol. The number of carbonyl (C=O) groups excluding carboxylic acids is 1. The molecule has 1 aliphatic carbocycles. The molecule has 0 aliphatic heterocycles. The van der Waals surface area contributed by atoms with Crippen LogP contribution in [0.25, 0.3) is 15.9 Å². The summed E-state index contributed by atoms with van der Waals surface area (Å²) in [7, 11) is 0. The van der Waals surface area contributed by atoms with Gasteiger partial charge >= 0.3 is 0 Å². The quantitative estimate of drug-likeness (QED) is 0.527. The van der Waals surface area contributed by atoms with E-state index in [1.54, 1.807) is 23.9 Å². The molecule has 0 unspecified atom stereocenters. The number of rotatable bonds is 4. The average molecular weight is 403 g/mol. The Labute approximate surface area is 160 Å². The first-order chi connectivity index (χ1) is 12.8. The third kappa shape index (κ3) is 2.78. The van der Waals surface area contributed by atoms with Gasteiger partial charge in [-0.2, -0.15) is 0 Å². The molecule has 0 spiro atoms. The normalized spacial score (nSPS) is 14.0. The summed E-state index contributed by atoms with van der Waals surface area (Å²) < 4.78 is 1.89. The highest BCUT2D eigenvalue weighted by Gasteiger charge is 2.21. The summed E-state index contributed by atoms with van der Waals surface area (Å²) >= 11 is 4.53. The van der Waals surface area contributed by atoms with Crippen LogP contribution in [-0.4, -0.2) is 36.2 Å². The van der Waals surface area contributed by atoms with Crippen LogP contribution in [0, 0.1) is 0 Å². The first-order valence-corrected chi connectivity index (χ1v) is 10.9. The second-order valence-corrected chi connectivity index (χ2v) is 8.91. The Balaban J connectivity index is 1.43. The predicted octanol–water partition coefficient (Wildman–Crippen LogP) is 3.41. The number of nitrogens with zero attached hydrogens (tertiary/aromatic N) is 5. The van der Waals surface area contributed by atoms with Crippen molar-refractivity contribution >= 4 is 61.3 Å². The number of aryl methyl sites for hydroxylation is 2. The van der Waals surface area contributed by atoms with Crippen molar-refractivity contribution in [3.8, 4) is 0 Å². The van der Waals surface area contributed by atoms with Gasteiger partial charge in [-0.1, -0.05) is 11.8 Å². The topological polar surface area (TPSA) is 85.1 Å². The molecule has 0 aromatic carbocycles. The molecule has 1 amide bonds. The second-order valence-electron chi connectivity index (χ2n) is 5.99. The van der Waals surface area contributed by atoms with Gasteiger partial charge in [-0.3, -0.25) is 9.20 Å². The summed E-state index contributed by atoms with van der Waals surface area (Å²) in [6.07, 6.45) is 8.11. The minimum absolute atomic E-state index is 0.108. The number of hydrogen-bond donors (Lipinski definition) is 1. The number of anilines is 1. The van der Waals surface area contributed by atoms with E-state index in [0.717, 1.165) is 28.7 Å². The Morgan fingerprint density at radius 2 is 2.19 bits per heavy atom. The molecule has 26 heavy (non-hydrogen) atoms. The highest BCUT2D eigenvalue weighted by molar-refractivity contribution is 7.99. The van der Waals surface area contributed by atoms with E-state index in [4.69, 9.17) is 0 Å². The maximum Gasteiger partial charge on any atom is 0.236 e. The summed E-state index contributed by atoms with van der Waals surface area (Å²) in [5.41, 5.74) is 2.23. The zero-order valence-electron chi connectivity index (χ0n) is 13.6. The van der Waals surface area contributed by atoms with Gasteiger partial charge < -0.3 is 5.32 Å². The third-order valence-corrected chi connectivity index (χ3v) is 7.17. The van der Waals surface area contributed by atoms with Crippen LogP contribution in [0.1, 0.15) is 23.3 Å². The summed E-state index contributed by atoms with van der Waals surface area (Å²) in [6.45, 7) is 0. The maximum absolute atomic E-state index is 12.1. The van der Waals surface area contributed by atoms with Crippen LogP contribution in [0.4, 0.5) is 5.13 Å². The van der Waals surface area contributed by atoms with Gasteiger partial charge in [-0.05, 0) is 31.2 Å². The Bertz CT molecular complexity index is 1100. The summed E-state index contributed by atoms with van der Waals surface area (Å²) in [6, 6.07) is 0. The SMILES string of the molecule is O=C(CSc1nnc2c3c4c(sc3ncn12)CCCC4)Nc1nccs1. The predicted molar refractivity (Wildman–Crippen MR) is 104 cm³/mol. The smallest absolute Gasteiger partial charge is 0.236 e. The van der Waals surface area contributed by atoms with Crippen molar-refractivity contribution in [1.29, 1.82) is 0 Å². The van der Waals surface area contributed by atoms with Crippen LogP contribution >= 0.6 is 34.4 Å². The lowest BCUT2D eigenvalue weighted by molar-refractivity contribution is -0.113. The summed E-state index contributed by atoms with van der Waals surface area (Å²) in [5.74, 6) is 0.142. The number of aromatic nitrogens is 5. The first kappa shape index (κ1) is 16.2. The number of carbonyl (C=O) groups is 1. The van der Waals surface area contributed by atoms with Crippen molar-refractivity contribution in [1.82, 2.24) is 24.6 Å². The zero-order chi connectivity index (χ0) is 17.5. The number of amides is 1. The van der Waals surface area contributed by atoms with Gasteiger partial charge in [-0.25, -0.2) is 9.97 Å². The van der Waals surface area contributed by atoms with E-state index in [2.05, 4.69) is 25.5 Å². The van der Waals surface area contributed by atoms with E-state index in [0.29, 0.717) is 10.3 Å². The van der Waals surface area contributed by atoms with Crippen molar-refractivity contribution < 1.29 is 4.79 Å². The van der Waals surface area contributed by atoms with Crippen molar-refractivity contribution in [3.63, 3.8) is 0 Å². The number of fused-ring (bicyclic) bond motifs is 5. The number of thiazole rings is 1. The largest absolute Gasteiger partial charge is 0.301 e. The van der Waals surface area contributed by atoms with Crippen LogP contribution in [0.2, 0.25) is 0 Å². The molecule has 4 heterocycles. The van der Waals surface area contributed by atoms with Crippen LogP contribution in [0.15, 0.2) is 23.1 Å². The molecular formula is C16H14N6OS3. The molecule has 10 heteroatoms. The molecule has 0 atom stereocenters. The lowest BCUT2D eigenvalue weighted by Crippen LogP contribution is -2.14. The van der Waals surface area contributed by atoms with E-state index < -0.39 is 0 Å². The van der Waals surface area contributed by atoms with Gasteiger partial charge in [0.25, 0.3) is 0 Å². The molecule has 5 rings (SSSR count). The molecule has 4 aromatic rings. The fraction of sp³-hybridized carbons (Fsp3) is 0.312. The Morgan fingerprint density at radius 1 is 1.27 bits per heavy atom. The van der Waals surface area contributed by atoms with Crippen molar-refractivity contribution in [2.75, 3.05) is 11.1 Å². The number of thioether (sulfide) groups is 1. The number of thiophene rings is 1. The molecule has 0 saturated heterocycles. The van der Waals surface area contributed by atoms with Crippen molar-refractivity contribution in [2.45, 2.75) is 30.8 Å². The molecule has 1 aliphatic rings. The van der Waals surface area contributed by atoms with E-state index >= 15 is 0 Å². The maximum atomic E-state index is 12.1. The second kappa shape index (κ2) is 6.60. The molecule has 7 nitrogen and oxygen atoms in total. The van der Waals surface area contributed by atoms with Crippen LogP contribution in [-0.2, 0) is 17.6 Å². The summed E-state index contributed by atoms with van der Waals surface area (Å²) in [5, 5.41) is 15.7. The highest BCUT2D eigenvalue weighted by atomic mass is 32.2. The summed E-state index contributed by atoms with van der Waals surface area (Å²) in [4.78, 5) is 23.2. The van der Waals surface area contributed by atoms with Gasteiger partial charge in [-0.15, -0.1) is 32.9 Å². The first-order valence-electron chi connectivity index (χ1n) is 8.26. The zero-order valence-corrected chi connectivity index (χ0v) is 16.1. The van der Waals surface area contributed by atoms with E-state index in [9.17, 15) is 4.79 Å². The molecule has 0 radical (unpaired) electrons. The fourth-order valence-electron chi connectivity index (χ4n) is 3.20. The molecule has 132 valence electrons. The van der Waals surface area contributed by atoms with E-state index in [-0.39, 0.29) is 11.7 Å². The van der Waals surface area contributed by atoms with Crippen LogP contribution in [0.3, 0.4) is 0 Å². The van der Waals surface area contributed by atoms with Crippen molar-refractivity contribution in [3.05, 3.63) is 28.3 Å². The Morgan fingerprint density at radius 3 is 3.08 bits per heavy atom. The van der Waals surface area contributed by atoms with E-state index in [1.807, 2.05) is 9.78 Å². The van der Waals surface area contributed by atoms with E-state index in [1.165, 1.54) is 46.4 Å². The fourth-order valence-corrected chi connectivity index (χ4v) is 5.68. The average Bonchev–Trinajstić information content (AvgIpc) is 3.37. The Kier molecular flexibility index (Phi) is 4.10. The highest BCUT2D eigenvalue weighted by Crippen LogP contribution is 2.37. The molecule has 0 saturated carbocycles.